The molecule has 1 aliphatic rings. The van der Waals surface area contributed by atoms with Crippen molar-refractivity contribution in [1.29, 1.82) is 0 Å². The summed E-state index contributed by atoms with van der Waals surface area (Å²) in [4.78, 5) is 13.0. The Morgan fingerprint density at radius 3 is 2.64 bits per heavy atom. The van der Waals surface area contributed by atoms with Crippen LogP contribution in [0.4, 0.5) is 5.69 Å². The molecule has 0 saturated heterocycles. The maximum Gasteiger partial charge on any atom is 0.264 e. The molecular weight excluding hydrogens is 464 g/mol. The van der Waals surface area contributed by atoms with Gasteiger partial charge in [0.2, 0.25) is 0 Å². The van der Waals surface area contributed by atoms with Gasteiger partial charge in [0.1, 0.15) is 11.5 Å². The van der Waals surface area contributed by atoms with E-state index in [2.05, 4.69) is 5.32 Å². The summed E-state index contributed by atoms with van der Waals surface area (Å²) in [5.41, 5.74) is 1.23. The number of hydrogen-bond donors (Lipinski definition) is 1. The monoisotopic (exact) mass is 486 g/mol. The lowest BCUT2D eigenvalue weighted by Gasteiger charge is -2.34. The normalized spacial score (nSPS) is 15.3. The van der Waals surface area contributed by atoms with Gasteiger partial charge in [-0.15, -0.1) is 0 Å². The molecule has 33 heavy (non-hydrogen) atoms. The Morgan fingerprint density at radius 1 is 1.12 bits per heavy atom. The van der Waals surface area contributed by atoms with Gasteiger partial charge in [-0.3, -0.25) is 9.10 Å². The fourth-order valence-electron chi connectivity index (χ4n) is 3.52. The van der Waals surface area contributed by atoms with Crippen LogP contribution in [0.15, 0.2) is 77.7 Å². The minimum atomic E-state index is -3.94. The number of fused-ring (bicyclic) bond motifs is 1. The molecule has 4 rings (SSSR count). The van der Waals surface area contributed by atoms with E-state index in [4.69, 9.17) is 21.1 Å². The highest BCUT2D eigenvalue weighted by Crippen LogP contribution is 2.37. The molecule has 0 fully saturated rings. The number of carbonyl (C=O) groups is 1. The molecule has 0 radical (unpaired) electrons. The van der Waals surface area contributed by atoms with E-state index >= 15 is 0 Å². The van der Waals surface area contributed by atoms with Crippen LogP contribution in [0.5, 0.6) is 11.5 Å². The zero-order valence-electron chi connectivity index (χ0n) is 17.9. The Hall–Kier alpha value is -3.23. The van der Waals surface area contributed by atoms with Gasteiger partial charge in [-0.2, -0.15) is 0 Å². The summed E-state index contributed by atoms with van der Waals surface area (Å²) in [6, 6.07) is 20.1. The molecule has 7 nitrogen and oxygen atoms in total. The summed E-state index contributed by atoms with van der Waals surface area (Å²) in [5, 5.41) is 3.26. The predicted octanol–water partition coefficient (Wildman–Crippen LogP) is 4.01. The fraction of sp³-hybridized carbons (Fsp3) is 0.208. The highest BCUT2D eigenvalue weighted by molar-refractivity contribution is 7.92. The third-order valence-corrected chi connectivity index (χ3v) is 7.15. The van der Waals surface area contributed by atoms with Gasteiger partial charge in [0, 0.05) is 11.6 Å². The van der Waals surface area contributed by atoms with Crippen molar-refractivity contribution in [3.63, 3.8) is 0 Å². The summed E-state index contributed by atoms with van der Waals surface area (Å²) in [6.07, 6.45) is -1.02. The summed E-state index contributed by atoms with van der Waals surface area (Å²) in [5.74, 6) is 0.620. The summed E-state index contributed by atoms with van der Waals surface area (Å²) in [6.45, 7) is 2.54. The van der Waals surface area contributed by atoms with E-state index in [1.54, 1.807) is 24.3 Å². The Bertz CT molecular complexity index is 1250. The number of nitrogens with zero attached hydrogens (tertiary/aromatic N) is 1. The maximum atomic E-state index is 13.4. The first-order chi connectivity index (χ1) is 15.9. The number of ether oxygens (including phenoxy) is 2. The summed E-state index contributed by atoms with van der Waals surface area (Å²) in [7, 11) is -3.94. The van der Waals surface area contributed by atoms with Crippen LogP contribution in [0.3, 0.4) is 0 Å². The second-order valence-electron chi connectivity index (χ2n) is 7.36. The fourth-order valence-corrected chi connectivity index (χ4v) is 5.12. The number of para-hydroxylation sites is 2. The molecule has 1 heterocycles. The molecule has 172 valence electrons. The number of benzene rings is 3. The predicted molar refractivity (Wildman–Crippen MR) is 126 cm³/mol. The number of anilines is 1. The van der Waals surface area contributed by atoms with Gasteiger partial charge in [-0.1, -0.05) is 35.9 Å². The highest BCUT2D eigenvalue weighted by Gasteiger charge is 2.37. The standard InChI is InChI=1S/C24H23ClN2O5S/c1-2-31-19-7-5-6-17(14-19)15-26-24(28)23-16-27(21-8-3-4-9-22(21)32-23)33(29,30)20-12-10-18(25)11-13-20/h3-14,23H,2,15-16H2,1H3,(H,26,28)/t23-/m1/s1. The average molecular weight is 487 g/mol. The van der Waals surface area contributed by atoms with Crippen LogP contribution in [-0.4, -0.2) is 33.6 Å². The Labute approximate surface area is 197 Å². The van der Waals surface area contributed by atoms with Crippen molar-refractivity contribution in [3.05, 3.63) is 83.4 Å². The molecule has 0 unspecified atom stereocenters. The van der Waals surface area contributed by atoms with E-state index in [0.29, 0.717) is 28.8 Å². The zero-order chi connectivity index (χ0) is 23.4. The van der Waals surface area contributed by atoms with Crippen molar-refractivity contribution in [2.24, 2.45) is 0 Å². The van der Waals surface area contributed by atoms with Crippen molar-refractivity contribution in [2.75, 3.05) is 17.5 Å². The molecule has 0 bridgehead atoms. The van der Waals surface area contributed by atoms with E-state index < -0.39 is 22.0 Å². The smallest absolute Gasteiger partial charge is 0.264 e. The Kier molecular flexibility index (Phi) is 6.76. The van der Waals surface area contributed by atoms with Crippen molar-refractivity contribution in [2.45, 2.75) is 24.5 Å². The number of rotatable bonds is 7. The quantitative estimate of drug-likeness (QED) is 0.545. The molecule has 9 heteroatoms. The molecular formula is C24H23ClN2O5S. The van der Waals surface area contributed by atoms with E-state index in [1.165, 1.54) is 28.6 Å². The third-order valence-electron chi connectivity index (χ3n) is 5.11. The minimum Gasteiger partial charge on any atom is -0.494 e. The van der Waals surface area contributed by atoms with Crippen molar-refractivity contribution >= 4 is 33.2 Å². The van der Waals surface area contributed by atoms with Crippen LogP contribution >= 0.6 is 11.6 Å². The number of nitrogens with one attached hydrogen (secondary N) is 1. The van der Waals surface area contributed by atoms with Crippen molar-refractivity contribution in [3.8, 4) is 11.5 Å². The Morgan fingerprint density at radius 2 is 1.88 bits per heavy atom. The number of hydrogen-bond acceptors (Lipinski definition) is 5. The first kappa shape index (κ1) is 22.9. The third kappa shape index (κ3) is 5.07. The van der Waals surface area contributed by atoms with Gasteiger partial charge in [-0.25, -0.2) is 8.42 Å². The average Bonchev–Trinajstić information content (AvgIpc) is 2.82. The van der Waals surface area contributed by atoms with E-state index in [0.717, 1.165) is 5.56 Å². The van der Waals surface area contributed by atoms with E-state index in [1.807, 2.05) is 31.2 Å². The van der Waals surface area contributed by atoms with Gasteiger partial charge >= 0.3 is 0 Å². The maximum absolute atomic E-state index is 13.4. The largest absolute Gasteiger partial charge is 0.494 e. The molecule has 0 aliphatic carbocycles. The van der Waals surface area contributed by atoms with Crippen molar-refractivity contribution < 1.29 is 22.7 Å². The molecule has 1 atom stereocenters. The molecule has 1 aliphatic heterocycles. The van der Waals surface area contributed by atoms with Crippen LogP contribution < -0.4 is 19.1 Å². The van der Waals surface area contributed by atoms with Gasteiger partial charge < -0.3 is 14.8 Å². The highest BCUT2D eigenvalue weighted by atomic mass is 35.5. The van der Waals surface area contributed by atoms with Crippen LogP contribution in [0.1, 0.15) is 12.5 Å². The zero-order valence-corrected chi connectivity index (χ0v) is 19.5. The minimum absolute atomic E-state index is 0.0792. The second-order valence-corrected chi connectivity index (χ2v) is 9.66. The SMILES string of the molecule is CCOc1cccc(CNC(=O)[C@H]2CN(S(=O)(=O)c3ccc(Cl)cc3)c3ccccc3O2)c1. The Balaban J connectivity index is 1.55. The summed E-state index contributed by atoms with van der Waals surface area (Å²) >= 11 is 5.92. The second kappa shape index (κ2) is 9.72. The molecule has 1 amide bonds. The van der Waals surface area contributed by atoms with E-state index in [-0.39, 0.29) is 18.0 Å². The molecule has 0 spiro atoms. The first-order valence-corrected chi connectivity index (χ1v) is 12.2. The van der Waals surface area contributed by atoms with Gasteiger partial charge in [-0.05, 0) is 61.0 Å². The lowest BCUT2D eigenvalue weighted by molar-refractivity contribution is -0.127. The van der Waals surface area contributed by atoms with Crippen LogP contribution in [0.2, 0.25) is 5.02 Å². The van der Waals surface area contributed by atoms with Gasteiger partial charge in [0.05, 0.1) is 23.7 Å². The van der Waals surface area contributed by atoms with Crippen LogP contribution in [-0.2, 0) is 21.4 Å². The number of halogens is 1. The molecule has 0 aromatic heterocycles. The number of sulfonamides is 1. The molecule has 1 N–H and O–H groups in total. The lowest BCUT2D eigenvalue weighted by Crippen LogP contribution is -2.50. The van der Waals surface area contributed by atoms with Crippen LogP contribution in [0, 0.1) is 0 Å². The number of carbonyl (C=O) groups excluding carboxylic acids is 1. The van der Waals surface area contributed by atoms with Crippen molar-refractivity contribution in [1.82, 2.24) is 5.32 Å². The first-order valence-electron chi connectivity index (χ1n) is 10.4. The molecule has 0 saturated carbocycles. The number of amides is 1. The molecule has 3 aromatic rings. The topological polar surface area (TPSA) is 84.9 Å². The van der Waals surface area contributed by atoms with Gasteiger partial charge in [0.25, 0.3) is 15.9 Å². The van der Waals surface area contributed by atoms with E-state index in [9.17, 15) is 13.2 Å². The van der Waals surface area contributed by atoms with Gasteiger partial charge in [0.15, 0.2) is 6.10 Å². The lowest BCUT2D eigenvalue weighted by atomic mass is 10.2. The molecule has 3 aromatic carbocycles. The summed E-state index contributed by atoms with van der Waals surface area (Å²) < 4.78 is 39.3. The van der Waals surface area contributed by atoms with Crippen LogP contribution in [0.25, 0.3) is 0 Å².